The minimum absolute atomic E-state index is 0.0949. The number of nitrogens with zero attached hydrogens (tertiary/aromatic N) is 3. The van der Waals surface area contributed by atoms with Gasteiger partial charge in [-0.1, -0.05) is 0 Å². The summed E-state index contributed by atoms with van der Waals surface area (Å²) in [6.07, 6.45) is 4.04. The van der Waals surface area contributed by atoms with Crippen LogP contribution in [0.25, 0.3) is 0 Å². The zero-order valence-corrected chi connectivity index (χ0v) is 11.9. The van der Waals surface area contributed by atoms with Gasteiger partial charge in [0.25, 0.3) is 5.69 Å². The number of sulfone groups is 1. The molecule has 1 aromatic carbocycles. The van der Waals surface area contributed by atoms with Gasteiger partial charge in [-0.2, -0.15) is 0 Å². The van der Waals surface area contributed by atoms with Crippen LogP contribution >= 0.6 is 11.8 Å². The first-order valence-electron chi connectivity index (χ1n) is 5.31. The Morgan fingerprint density at radius 2 is 1.90 bits per heavy atom. The molecule has 2 aromatic rings. The summed E-state index contributed by atoms with van der Waals surface area (Å²) in [7, 11) is -3.49. The molecule has 2 rings (SSSR count). The van der Waals surface area contributed by atoms with E-state index in [2.05, 4.69) is 9.97 Å². The van der Waals surface area contributed by atoms with Crippen LogP contribution in [0.5, 0.6) is 0 Å². The van der Waals surface area contributed by atoms with Crippen LogP contribution in [-0.2, 0) is 9.84 Å². The standard InChI is InChI=1S/C11H9N3O4S2/c1-20(17,18)8-3-4-10(9(7-8)14(15)16)19-11-12-5-2-6-13-11/h2-7H,1H3. The predicted octanol–water partition coefficient (Wildman–Crippen LogP) is 1.94. The fraction of sp³-hybridized carbons (Fsp3) is 0.0909. The third-order valence-corrected chi connectivity index (χ3v) is 4.37. The summed E-state index contributed by atoms with van der Waals surface area (Å²) in [5, 5.41) is 11.4. The van der Waals surface area contributed by atoms with Gasteiger partial charge < -0.3 is 0 Å². The second-order valence-electron chi connectivity index (χ2n) is 3.79. The lowest BCUT2D eigenvalue weighted by molar-refractivity contribution is -0.388. The van der Waals surface area contributed by atoms with E-state index in [9.17, 15) is 18.5 Å². The van der Waals surface area contributed by atoms with Gasteiger partial charge in [-0.3, -0.25) is 10.1 Å². The number of aromatic nitrogens is 2. The number of nitro groups is 1. The molecule has 0 unspecified atom stereocenters. The van der Waals surface area contributed by atoms with E-state index in [1.165, 1.54) is 24.5 Å². The van der Waals surface area contributed by atoms with E-state index >= 15 is 0 Å². The Morgan fingerprint density at radius 3 is 2.45 bits per heavy atom. The molecule has 0 saturated heterocycles. The summed E-state index contributed by atoms with van der Waals surface area (Å²) in [6, 6.07) is 5.38. The van der Waals surface area contributed by atoms with Crippen LogP contribution in [0.15, 0.2) is 51.6 Å². The van der Waals surface area contributed by atoms with Gasteiger partial charge in [-0.05, 0) is 30.0 Å². The van der Waals surface area contributed by atoms with Gasteiger partial charge in [0.2, 0.25) is 0 Å². The van der Waals surface area contributed by atoms with E-state index in [0.29, 0.717) is 5.16 Å². The van der Waals surface area contributed by atoms with Crippen molar-refractivity contribution in [3.63, 3.8) is 0 Å². The van der Waals surface area contributed by atoms with Crippen molar-refractivity contribution in [1.29, 1.82) is 0 Å². The molecule has 9 heteroatoms. The Bertz CT molecular complexity index is 748. The lowest BCUT2D eigenvalue weighted by atomic mass is 10.3. The van der Waals surface area contributed by atoms with Crippen molar-refractivity contribution in [2.45, 2.75) is 14.9 Å². The molecule has 0 radical (unpaired) electrons. The van der Waals surface area contributed by atoms with Crippen molar-refractivity contribution in [3.05, 3.63) is 46.8 Å². The third-order valence-electron chi connectivity index (χ3n) is 2.30. The average molecular weight is 311 g/mol. The van der Waals surface area contributed by atoms with Crippen LogP contribution in [0.4, 0.5) is 5.69 Å². The molecule has 0 amide bonds. The largest absolute Gasteiger partial charge is 0.284 e. The van der Waals surface area contributed by atoms with Crippen LogP contribution in [0.1, 0.15) is 0 Å². The Balaban J connectivity index is 2.46. The van der Waals surface area contributed by atoms with Gasteiger partial charge in [0.05, 0.1) is 14.7 Å². The summed E-state index contributed by atoms with van der Waals surface area (Å²) in [5.74, 6) is 0. The molecule has 0 fully saturated rings. The van der Waals surface area contributed by atoms with Crippen molar-refractivity contribution in [2.24, 2.45) is 0 Å². The van der Waals surface area contributed by atoms with E-state index in [1.807, 2.05) is 0 Å². The Morgan fingerprint density at radius 1 is 1.25 bits per heavy atom. The van der Waals surface area contributed by atoms with Gasteiger partial charge in [0.1, 0.15) is 0 Å². The van der Waals surface area contributed by atoms with Crippen molar-refractivity contribution >= 4 is 27.3 Å². The Hall–Kier alpha value is -2.00. The van der Waals surface area contributed by atoms with Gasteiger partial charge >= 0.3 is 0 Å². The molecule has 0 saturated carbocycles. The zero-order chi connectivity index (χ0) is 14.8. The summed E-state index contributed by atoms with van der Waals surface area (Å²) in [4.78, 5) is 18.5. The van der Waals surface area contributed by atoms with Gasteiger partial charge in [-0.25, -0.2) is 18.4 Å². The zero-order valence-electron chi connectivity index (χ0n) is 10.3. The number of benzene rings is 1. The van der Waals surface area contributed by atoms with Crippen LogP contribution in [0.2, 0.25) is 0 Å². The van der Waals surface area contributed by atoms with Gasteiger partial charge in [0.15, 0.2) is 15.0 Å². The smallest absolute Gasteiger partial charge is 0.258 e. The summed E-state index contributed by atoms with van der Waals surface area (Å²) in [6.45, 7) is 0. The molecule has 0 bridgehead atoms. The summed E-state index contributed by atoms with van der Waals surface area (Å²) < 4.78 is 22.8. The highest BCUT2D eigenvalue weighted by molar-refractivity contribution is 7.99. The normalized spacial score (nSPS) is 11.2. The molecule has 0 atom stereocenters. The predicted molar refractivity (Wildman–Crippen MR) is 72.4 cm³/mol. The molecule has 1 heterocycles. The number of nitro benzene ring substituents is 1. The molecular weight excluding hydrogens is 302 g/mol. The first-order valence-corrected chi connectivity index (χ1v) is 8.02. The Labute approximate surface area is 119 Å². The van der Waals surface area contributed by atoms with E-state index in [4.69, 9.17) is 0 Å². The van der Waals surface area contributed by atoms with Gasteiger partial charge in [0, 0.05) is 24.7 Å². The number of rotatable bonds is 4. The maximum Gasteiger partial charge on any atom is 0.284 e. The second kappa shape index (κ2) is 5.55. The number of hydrogen-bond donors (Lipinski definition) is 0. The molecule has 0 aliphatic carbocycles. The van der Waals surface area contributed by atoms with Crippen molar-refractivity contribution in [2.75, 3.05) is 6.26 Å². The molecule has 104 valence electrons. The van der Waals surface area contributed by atoms with E-state index in [1.54, 1.807) is 6.07 Å². The number of hydrogen-bond acceptors (Lipinski definition) is 7. The maximum atomic E-state index is 11.4. The molecule has 0 aliphatic heterocycles. The SMILES string of the molecule is CS(=O)(=O)c1ccc(Sc2ncccn2)c([N+](=O)[O-])c1. The van der Waals surface area contributed by atoms with E-state index in [-0.39, 0.29) is 15.5 Å². The van der Waals surface area contributed by atoms with Crippen molar-refractivity contribution < 1.29 is 13.3 Å². The Kier molecular flexibility index (Phi) is 4.00. The van der Waals surface area contributed by atoms with E-state index < -0.39 is 14.8 Å². The van der Waals surface area contributed by atoms with Crippen molar-refractivity contribution in [3.8, 4) is 0 Å². The van der Waals surface area contributed by atoms with Crippen molar-refractivity contribution in [1.82, 2.24) is 9.97 Å². The minimum Gasteiger partial charge on any atom is -0.258 e. The van der Waals surface area contributed by atoms with Crippen LogP contribution in [-0.4, -0.2) is 29.6 Å². The molecule has 0 N–H and O–H groups in total. The fourth-order valence-electron chi connectivity index (χ4n) is 1.39. The molecule has 20 heavy (non-hydrogen) atoms. The average Bonchev–Trinajstić information content (AvgIpc) is 2.38. The first-order chi connectivity index (χ1) is 9.38. The molecular formula is C11H9N3O4S2. The molecule has 7 nitrogen and oxygen atoms in total. The molecule has 1 aromatic heterocycles. The van der Waals surface area contributed by atoms with Gasteiger partial charge in [-0.15, -0.1) is 0 Å². The minimum atomic E-state index is -3.49. The monoisotopic (exact) mass is 311 g/mol. The van der Waals surface area contributed by atoms with Crippen LogP contribution in [0, 0.1) is 10.1 Å². The second-order valence-corrected chi connectivity index (χ2v) is 6.82. The van der Waals surface area contributed by atoms with E-state index in [0.717, 1.165) is 24.1 Å². The third kappa shape index (κ3) is 3.31. The highest BCUT2D eigenvalue weighted by atomic mass is 32.2. The van der Waals surface area contributed by atoms with Crippen LogP contribution < -0.4 is 0 Å². The summed E-state index contributed by atoms with van der Waals surface area (Å²) in [5.41, 5.74) is -0.287. The van der Waals surface area contributed by atoms with Crippen LogP contribution in [0.3, 0.4) is 0 Å². The highest BCUT2D eigenvalue weighted by Gasteiger charge is 2.20. The first kappa shape index (κ1) is 14.4. The lowest BCUT2D eigenvalue weighted by Gasteiger charge is -2.03. The topological polar surface area (TPSA) is 103 Å². The quantitative estimate of drug-likeness (QED) is 0.483. The molecule has 0 aliphatic rings. The fourth-order valence-corrected chi connectivity index (χ4v) is 2.83. The lowest BCUT2D eigenvalue weighted by Crippen LogP contribution is -1.99. The summed E-state index contributed by atoms with van der Waals surface area (Å²) >= 11 is 1.00. The maximum absolute atomic E-state index is 11.4. The highest BCUT2D eigenvalue weighted by Crippen LogP contribution is 2.34. The molecule has 0 spiro atoms.